The first kappa shape index (κ1) is 17.6. The van der Waals surface area contributed by atoms with Crippen LogP contribution < -0.4 is 9.62 Å². The fraction of sp³-hybridized carbons (Fsp3) is 0.278. The lowest BCUT2D eigenvalue weighted by Gasteiger charge is -2.17. The molecule has 0 aliphatic carbocycles. The Morgan fingerprint density at radius 1 is 1.20 bits per heavy atom. The molecule has 5 nitrogen and oxygen atoms in total. The maximum atomic E-state index is 13.5. The number of hydrogen-bond acceptors (Lipinski definition) is 3. The number of amides is 1. The van der Waals surface area contributed by atoms with Crippen LogP contribution in [0, 0.1) is 12.7 Å². The van der Waals surface area contributed by atoms with Crippen LogP contribution in [0.1, 0.15) is 16.7 Å². The van der Waals surface area contributed by atoms with Crippen molar-refractivity contribution in [3.05, 3.63) is 65.0 Å². The lowest BCUT2D eigenvalue weighted by Crippen LogP contribution is -2.37. The first-order valence-corrected chi connectivity index (χ1v) is 9.61. The predicted octanol–water partition coefficient (Wildman–Crippen LogP) is 2.14. The number of sulfonamides is 1. The van der Waals surface area contributed by atoms with Crippen LogP contribution in [0.3, 0.4) is 0 Å². The molecule has 0 radical (unpaired) electrons. The number of nitrogens with zero attached hydrogens (tertiary/aromatic N) is 1. The van der Waals surface area contributed by atoms with Gasteiger partial charge in [-0.15, -0.1) is 0 Å². The van der Waals surface area contributed by atoms with Crippen LogP contribution in [0.5, 0.6) is 0 Å². The van der Waals surface area contributed by atoms with Crippen molar-refractivity contribution in [3.63, 3.8) is 0 Å². The first-order valence-electron chi connectivity index (χ1n) is 7.96. The van der Waals surface area contributed by atoms with Gasteiger partial charge < -0.3 is 4.90 Å². The number of benzene rings is 2. The SMILES string of the molecule is Cc1ccc(CS(=O)(=O)NCCN2C(=O)Cc3ccccc32)cc1F. The highest BCUT2D eigenvalue weighted by atomic mass is 32.2. The van der Waals surface area contributed by atoms with Gasteiger partial charge in [0.15, 0.2) is 0 Å². The summed E-state index contributed by atoms with van der Waals surface area (Å²) in [6.07, 6.45) is 0.339. The van der Waals surface area contributed by atoms with Gasteiger partial charge in [0.1, 0.15) is 5.82 Å². The second-order valence-electron chi connectivity index (χ2n) is 6.09. The average molecular weight is 362 g/mol. The second-order valence-corrected chi connectivity index (χ2v) is 7.89. The zero-order valence-electron chi connectivity index (χ0n) is 13.8. The third-order valence-corrected chi connectivity index (χ3v) is 5.53. The minimum Gasteiger partial charge on any atom is -0.311 e. The van der Waals surface area contributed by atoms with Crippen molar-refractivity contribution in [3.8, 4) is 0 Å². The highest BCUT2D eigenvalue weighted by Crippen LogP contribution is 2.27. The highest BCUT2D eigenvalue weighted by Gasteiger charge is 2.26. The van der Waals surface area contributed by atoms with Gasteiger partial charge in [0.2, 0.25) is 15.9 Å². The highest BCUT2D eigenvalue weighted by molar-refractivity contribution is 7.88. The quantitative estimate of drug-likeness (QED) is 0.856. The Balaban J connectivity index is 1.59. The summed E-state index contributed by atoms with van der Waals surface area (Å²) in [7, 11) is -3.61. The number of rotatable bonds is 6. The maximum Gasteiger partial charge on any atom is 0.231 e. The summed E-state index contributed by atoms with van der Waals surface area (Å²) in [6, 6.07) is 11.8. The standard InChI is InChI=1S/C18H19FN2O3S/c1-13-6-7-14(10-16(13)19)12-25(23,24)20-8-9-21-17-5-3-2-4-15(17)11-18(21)22/h2-7,10,20H,8-9,11-12H2,1H3. The van der Waals surface area contributed by atoms with E-state index in [1.54, 1.807) is 24.0 Å². The minimum absolute atomic E-state index is 0.0407. The molecule has 2 aromatic rings. The summed E-state index contributed by atoms with van der Waals surface area (Å²) in [5.41, 5.74) is 2.64. The zero-order chi connectivity index (χ0) is 18.0. The number of halogens is 1. The summed E-state index contributed by atoms with van der Waals surface area (Å²) in [6.45, 7) is 1.99. The van der Waals surface area contributed by atoms with Gasteiger partial charge in [-0.2, -0.15) is 0 Å². The molecule has 1 aliphatic heterocycles. The summed E-state index contributed by atoms with van der Waals surface area (Å²) in [5, 5.41) is 0. The van der Waals surface area contributed by atoms with Crippen molar-refractivity contribution >= 4 is 21.6 Å². The Morgan fingerprint density at radius 2 is 1.96 bits per heavy atom. The number of anilines is 1. The number of carbonyl (C=O) groups excluding carboxylic acids is 1. The molecule has 7 heteroatoms. The molecule has 2 aromatic carbocycles. The van der Waals surface area contributed by atoms with Gasteiger partial charge in [-0.25, -0.2) is 17.5 Å². The lowest BCUT2D eigenvalue weighted by molar-refractivity contribution is -0.117. The van der Waals surface area contributed by atoms with E-state index < -0.39 is 15.8 Å². The molecule has 0 aromatic heterocycles. The van der Waals surface area contributed by atoms with Crippen LogP contribution in [0.4, 0.5) is 10.1 Å². The molecule has 0 bridgehead atoms. The molecule has 132 valence electrons. The molecule has 25 heavy (non-hydrogen) atoms. The number of carbonyl (C=O) groups is 1. The molecule has 0 saturated heterocycles. The van der Waals surface area contributed by atoms with Crippen LogP contribution in [-0.2, 0) is 27.0 Å². The Hall–Kier alpha value is -2.25. The Labute approximate surface area is 146 Å². The van der Waals surface area contributed by atoms with E-state index in [9.17, 15) is 17.6 Å². The average Bonchev–Trinajstić information content (AvgIpc) is 2.86. The van der Waals surface area contributed by atoms with Crippen LogP contribution in [0.15, 0.2) is 42.5 Å². The van der Waals surface area contributed by atoms with Crippen LogP contribution in [-0.4, -0.2) is 27.4 Å². The largest absolute Gasteiger partial charge is 0.311 e. The first-order chi connectivity index (χ1) is 11.9. The van der Waals surface area contributed by atoms with E-state index in [0.29, 0.717) is 17.5 Å². The van der Waals surface area contributed by atoms with Gasteiger partial charge >= 0.3 is 0 Å². The van der Waals surface area contributed by atoms with E-state index in [0.717, 1.165) is 11.3 Å². The summed E-state index contributed by atoms with van der Waals surface area (Å²) in [4.78, 5) is 13.6. The lowest BCUT2D eigenvalue weighted by atomic mass is 10.2. The van der Waals surface area contributed by atoms with Crippen LogP contribution >= 0.6 is 0 Å². The number of aryl methyl sites for hydroxylation is 1. The topological polar surface area (TPSA) is 66.5 Å². The summed E-state index contributed by atoms with van der Waals surface area (Å²) >= 11 is 0. The van der Waals surface area contributed by atoms with E-state index in [1.807, 2.05) is 24.3 Å². The van der Waals surface area contributed by atoms with Gasteiger partial charge in [-0.3, -0.25) is 4.79 Å². The molecule has 0 atom stereocenters. The Bertz CT molecular complexity index is 912. The van der Waals surface area contributed by atoms with E-state index >= 15 is 0 Å². The molecule has 1 aliphatic rings. The van der Waals surface area contributed by atoms with Crippen molar-refractivity contribution in [2.75, 3.05) is 18.0 Å². The van der Waals surface area contributed by atoms with E-state index in [1.165, 1.54) is 6.07 Å². The van der Waals surface area contributed by atoms with Crippen molar-refractivity contribution in [1.82, 2.24) is 4.72 Å². The van der Waals surface area contributed by atoms with Gasteiger partial charge in [-0.05, 0) is 35.7 Å². The van der Waals surface area contributed by atoms with Gasteiger partial charge in [0.25, 0.3) is 0 Å². The summed E-state index contributed by atoms with van der Waals surface area (Å²) < 4.78 is 40.3. The number of nitrogens with one attached hydrogen (secondary N) is 1. The van der Waals surface area contributed by atoms with E-state index in [4.69, 9.17) is 0 Å². The fourth-order valence-electron chi connectivity index (χ4n) is 2.87. The van der Waals surface area contributed by atoms with Crippen molar-refractivity contribution < 1.29 is 17.6 Å². The molecule has 0 unspecified atom stereocenters. The third kappa shape index (κ3) is 4.05. The van der Waals surface area contributed by atoms with Gasteiger partial charge in [0, 0.05) is 18.8 Å². The number of hydrogen-bond donors (Lipinski definition) is 1. The van der Waals surface area contributed by atoms with Crippen LogP contribution in [0.2, 0.25) is 0 Å². The van der Waals surface area contributed by atoms with E-state index in [-0.39, 0.29) is 24.7 Å². The minimum atomic E-state index is -3.61. The monoisotopic (exact) mass is 362 g/mol. The maximum absolute atomic E-state index is 13.5. The third-order valence-electron chi connectivity index (χ3n) is 4.18. The van der Waals surface area contributed by atoms with Crippen molar-refractivity contribution in [1.29, 1.82) is 0 Å². The smallest absolute Gasteiger partial charge is 0.231 e. The fourth-order valence-corrected chi connectivity index (χ4v) is 3.99. The molecular weight excluding hydrogens is 343 g/mol. The molecule has 1 heterocycles. The number of para-hydroxylation sites is 1. The zero-order valence-corrected chi connectivity index (χ0v) is 14.6. The predicted molar refractivity (Wildman–Crippen MR) is 94.3 cm³/mol. The molecule has 0 fully saturated rings. The van der Waals surface area contributed by atoms with Crippen LogP contribution in [0.25, 0.3) is 0 Å². The molecule has 0 spiro atoms. The van der Waals surface area contributed by atoms with Gasteiger partial charge in [-0.1, -0.05) is 30.3 Å². The molecule has 0 saturated carbocycles. The van der Waals surface area contributed by atoms with Crippen molar-refractivity contribution in [2.45, 2.75) is 19.1 Å². The van der Waals surface area contributed by atoms with Gasteiger partial charge in [0.05, 0.1) is 12.2 Å². The second kappa shape index (κ2) is 6.93. The summed E-state index contributed by atoms with van der Waals surface area (Å²) in [5.74, 6) is -0.762. The molecular formula is C18H19FN2O3S. The molecule has 1 N–H and O–H groups in total. The normalized spacial score (nSPS) is 14.0. The van der Waals surface area contributed by atoms with Crippen molar-refractivity contribution in [2.24, 2.45) is 0 Å². The Morgan fingerprint density at radius 3 is 2.72 bits per heavy atom. The molecule has 1 amide bonds. The molecule has 3 rings (SSSR count). The van der Waals surface area contributed by atoms with E-state index in [2.05, 4.69) is 4.72 Å². The Kier molecular flexibility index (Phi) is 4.87. The number of fused-ring (bicyclic) bond motifs is 1.